The van der Waals surface area contributed by atoms with Crippen LogP contribution in [0.25, 0.3) is 0 Å². The number of hydrogen-bond donors (Lipinski definition) is 2. The van der Waals surface area contributed by atoms with Crippen LogP contribution in [0.1, 0.15) is 16.7 Å². The number of hydrogen-bond acceptors (Lipinski definition) is 4. The van der Waals surface area contributed by atoms with Crippen molar-refractivity contribution in [2.75, 3.05) is 11.9 Å². The fraction of sp³-hybridized carbons (Fsp3) is 0.130. The van der Waals surface area contributed by atoms with Crippen LogP contribution in [0.4, 0.5) is 18.9 Å². The molecule has 3 aromatic rings. The van der Waals surface area contributed by atoms with Gasteiger partial charge in [-0.15, -0.1) is 0 Å². The topological polar surface area (TPSA) is 62.7 Å². The van der Waals surface area contributed by atoms with Crippen LogP contribution in [-0.2, 0) is 17.6 Å². The third-order valence-corrected chi connectivity index (χ3v) is 4.65. The summed E-state index contributed by atoms with van der Waals surface area (Å²) in [4.78, 5) is 11.8. The highest BCUT2D eigenvalue weighted by molar-refractivity contribution is 6.31. The SMILES string of the molecule is O=C(CNc1cccc(C(F)(F)F)c1)N/N=C\c1ccc(OCc2ccccc2Cl)cc1. The van der Waals surface area contributed by atoms with E-state index in [0.29, 0.717) is 17.4 Å². The minimum Gasteiger partial charge on any atom is -0.489 e. The van der Waals surface area contributed by atoms with E-state index in [-0.39, 0.29) is 12.2 Å². The molecular formula is C23H19ClF3N3O2. The molecule has 0 saturated carbocycles. The van der Waals surface area contributed by atoms with E-state index >= 15 is 0 Å². The van der Waals surface area contributed by atoms with Crippen LogP contribution in [-0.4, -0.2) is 18.7 Å². The first-order valence-electron chi connectivity index (χ1n) is 9.50. The second-order valence-electron chi connectivity index (χ2n) is 6.67. The van der Waals surface area contributed by atoms with Crippen LogP contribution in [0.2, 0.25) is 5.02 Å². The van der Waals surface area contributed by atoms with Gasteiger partial charge in [-0.25, -0.2) is 5.43 Å². The Morgan fingerprint density at radius 2 is 1.78 bits per heavy atom. The number of ether oxygens (including phenoxy) is 1. The molecule has 0 aromatic heterocycles. The van der Waals surface area contributed by atoms with E-state index in [4.69, 9.17) is 16.3 Å². The van der Waals surface area contributed by atoms with Crippen molar-refractivity contribution in [3.63, 3.8) is 0 Å². The normalized spacial score (nSPS) is 11.4. The van der Waals surface area contributed by atoms with Crippen LogP contribution in [0.3, 0.4) is 0 Å². The second kappa shape index (κ2) is 10.7. The largest absolute Gasteiger partial charge is 0.489 e. The van der Waals surface area contributed by atoms with E-state index in [0.717, 1.165) is 23.3 Å². The summed E-state index contributed by atoms with van der Waals surface area (Å²) in [5, 5.41) is 7.11. The van der Waals surface area contributed by atoms with Crippen molar-refractivity contribution in [2.45, 2.75) is 12.8 Å². The number of benzene rings is 3. The third kappa shape index (κ3) is 7.02. The lowest BCUT2D eigenvalue weighted by molar-refractivity contribution is -0.137. The molecule has 0 atom stereocenters. The number of anilines is 1. The molecule has 1 amide bonds. The van der Waals surface area contributed by atoms with Crippen molar-refractivity contribution in [2.24, 2.45) is 5.10 Å². The summed E-state index contributed by atoms with van der Waals surface area (Å²) in [6.45, 7) is 0.107. The minimum atomic E-state index is -4.45. The number of rotatable bonds is 8. The predicted molar refractivity (Wildman–Crippen MR) is 118 cm³/mol. The molecule has 0 aliphatic carbocycles. The number of carbonyl (C=O) groups excluding carboxylic acids is 1. The molecule has 166 valence electrons. The lowest BCUT2D eigenvalue weighted by Crippen LogP contribution is -2.26. The van der Waals surface area contributed by atoms with Crippen molar-refractivity contribution in [1.82, 2.24) is 5.43 Å². The zero-order chi connectivity index (χ0) is 23.0. The summed E-state index contributed by atoms with van der Waals surface area (Å²) in [5.41, 5.74) is 3.31. The van der Waals surface area contributed by atoms with E-state index in [2.05, 4.69) is 15.8 Å². The smallest absolute Gasteiger partial charge is 0.416 e. The highest BCUT2D eigenvalue weighted by Crippen LogP contribution is 2.30. The molecule has 9 heteroatoms. The van der Waals surface area contributed by atoms with Gasteiger partial charge in [0, 0.05) is 16.3 Å². The summed E-state index contributed by atoms with van der Waals surface area (Å²) in [6.07, 6.45) is -3.00. The number of halogens is 4. The lowest BCUT2D eigenvalue weighted by Gasteiger charge is -2.10. The number of alkyl halides is 3. The number of hydrazone groups is 1. The van der Waals surface area contributed by atoms with E-state index in [9.17, 15) is 18.0 Å². The first-order valence-corrected chi connectivity index (χ1v) is 9.88. The molecule has 0 aliphatic rings. The van der Waals surface area contributed by atoms with Crippen molar-refractivity contribution in [3.8, 4) is 5.75 Å². The maximum Gasteiger partial charge on any atom is 0.416 e. The van der Waals surface area contributed by atoms with Crippen LogP contribution in [0, 0.1) is 0 Å². The molecule has 0 unspecified atom stereocenters. The van der Waals surface area contributed by atoms with Crippen molar-refractivity contribution >= 4 is 29.4 Å². The number of carbonyl (C=O) groups is 1. The Morgan fingerprint density at radius 3 is 2.50 bits per heavy atom. The summed E-state index contributed by atoms with van der Waals surface area (Å²) in [7, 11) is 0. The van der Waals surface area contributed by atoms with Gasteiger partial charge < -0.3 is 10.1 Å². The minimum absolute atomic E-state index is 0.186. The Morgan fingerprint density at radius 1 is 1.03 bits per heavy atom. The van der Waals surface area contributed by atoms with Gasteiger partial charge in [-0.2, -0.15) is 18.3 Å². The van der Waals surface area contributed by atoms with Crippen LogP contribution >= 0.6 is 11.6 Å². The highest BCUT2D eigenvalue weighted by atomic mass is 35.5. The maximum atomic E-state index is 12.7. The maximum absolute atomic E-state index is 12.7. The van der Waals surface area contributed by atoms with E-state index in [1.165, 1.54) is 18.3 Å². The van der Waals surface area contributed by atoms with Crippen LogP contribution < -0.4 is 15.5 Å². The first kappa shape index (κ1) is 23.1. The van der Waals surface area contributed by atoms with Gasteiger partial charge in [-0.05, 0) is 54.1 Å². The predicted octanol–water partition coefficient (Wildman–Crippen LogP) is 5.50. The molecule has 0 saturated heterocycles. The van der Waals surface area contributed by atoms with Crippen LogP contribution in [0.15, 0.2) is 77.9 Å². The molecule has 2 N–H and O–H groups in total. The highest BCUT2D eigenvalue weighted by Gasteiger charge is 2.30. The average molecular weight is 462 g/mol. The van der Waals surface area contributed by atoms with E-state index in [1.807, 2.05) is 18.2 Å². The quantitative estimate of drug-likeness (QED) is 0.344. The Labute approximate surface area is 187 Å². The zero-order valence-corrected chi connectivity index (χ0v) is 17.5. The first-order chi connectivity index (χ1) is 15.3. The molecule has 5 nitrogen and oxygen atoms in total. The number of nitrogens with one attached hydrogen (secondary N) is 2. The van der Waals surface area contributed by atoms with Gasteiger partial charge in [0.1, 0.15) is 12.4 Å². The standard InChI is InChI=1S/C23H19ClF3N3O2/c24-21-7-2-1-4-17(21)15-32-20-10-8-16(9-11-20)13-29-30-22(31)14-28-19-6-3-5-18(12-19)23(25,26)27/h1-13,28H,14-15H2,(H,30,31)/b29-13-. The molecular weight excluding hydrogens is 443 g/mol. The summed E-state index contributed by atoms with van der Waals surface area (Å²) in [5.74, 6) is 0.148. The molecule has 0 bridgehead atoms. The molecule has 0 spiro atoms. The number of nitrogens with zero attached hydrogens (tertiary/aromatic N) is 1. The lowest BCUT2D eigenvalue weighted by atomic mass is 10.2. The second-order valence-corrected chi connectivity index (χ2v) is 7.08. The molecule has 0 fully saturated rings. The monoisotopic (exact) mass is 461 g/mol. The van der Waals surface area contributed by atoms with Gasteiger partial charge in [0.25, 0.3) is 5.91 Å². The van der Waals surface area contributed by atoms with Gasteiger partial charge in [0.2, 0.25) is 0 Å². The summed E-state index contributed by atoms with van der Waals surface area (Å²) >= 11 is 6.10. The van der Waals surface area contributed by atoms with Gasteiger partial charge in [0.15, 0.2) is 0 Å². The Kier molecular flexibility index (Phi) is 7.72. The number of amides is 1. The Balaban J connectivity index is 1.44. The fourth-order valence-corrected chi connectivity index (χ4v) is 2.82. The van der Waals surface area contributed by atoms with Crippen molar-refractivity contribution in [3.05, 3.63) is 94.5 Å². The Hall–Kier alpha value is -3.52. The molecule has 0 aliphatic heterocycles. The molecule has 0 radical (unpaired) electrons. The summed E-state index contributed by atoms with van der Waals surface area (Å²) in [6, 6.07) is 19.1. The molecule has 3 aromatic carbocycles. The fourth-order valence-electron chi connectivity index (χ4n) is 2.63. The van der Waals surface area contributed by atoms with Crippen molar-refractivity contribution < 1.29 is 22.7 Å². The van der Waals surface area contributed by atoms with Gasteiger partial charge in [-0.1, -0.05) is 35.9 Å². The molecule has 32 heavy (non-hydrogen) atoms. The zero-order valence-electron chi connectivity index (χ0n) is 16.7. The molecule has 3 rings (SSSR count). The average Bonchev–Trinajstić information content (AvgIpc) is 2.78. The van der Waals surface area contributed by atoms with Crippen molar-refractivity contribution in [1.29, 1.82) is 0 Å². The Bertz CT molecular complexity index is 1090. The van der Waals surface area contributed by atoms with Gasteiger partial charge >= 0.3 is 6.18 Å². The van der Waals surface area contributed by atoms with Gasteiger partial charge in [-0.3, -0.25) is 4.79 Å². The van der Waals surface area contributed by atoms with E-state index in [1.54, 1.807) is 30.3 Å². The van der Waals surface area contributed by atoms with Gasteiger partial charge in [0.05, 0.1) is 18.3 Å². The van der Waals surface area contributed by atoms with Crippen LogP contribution in [0.5, 0.6) is 5.75 Å². The summed E-state index contributed by atoms with van der Waals surface area (Å²) < 4.78 is 43.8. The third-order valence-electron chi connectivity index (χ3n) is 4.28. The van der Waals surface area contributed by atoms with E-state index < -0.39 is 17.6 Å². The molecule has 0 heterocycles.